The zero-order valence-electron chi connectivity index (χ0n) is 27.3. The first-order chi connectivity index (χ1) is 19.7. The van der Waals surface area contributed by atoms with E-state index < -0.39 is 48.0 Å². The van der Waals surface area contributed by atoms with Crippen LogP contribution in [0.25, 0.3) is 0 Å². The molecule has 2 saturated heterocycles. The van der Waals surface area contributed by atoms with Gasteiger partial charge in [0.05, 0.1) is 35.5 Å². The number of cyclic esters (lactones) is 1. The SMILES string of the molecule is C=CO/N=C1/C(C)CNC(C)C(CC)OC(=O)[C@H](C)C(O)[C@H](C)[C@@H](O[C@@H]2O[C@H](C)C[C@H](NC)[C@H]2O)[C@@](C)(OC)C[C@H]1C. The number of likely N-dealkylation sites (N-methyl/N-ethyl adjacent to an activating group) is 1. The Morgan fingerprint density at radius 3 is 2.40 bits per heavy atom. The fourth-order valence-electron chi connectivity index (χ4n) is 6.38. The molecule has 0 bridgehead atoms. The Morgan fingerprint density at radius 2 is 1.83 bits per heavy atom. The van der Waals surface area contributed by atoms with Gasteiger partial charge in [-0.3, -0.25) is 4.79 Å². The number of aliphatic hydroxyl groups excluding tert-OH is 2. The van der Waals surface area contributed by atoms with E-state index in [1.54, 1.807) is 21.1 Å². The first-order valence-corrected chi connectivity index (χ1v) is 15.4. The molecule has 0 saturated carbocycles. The Kier molecular flexibility index (Phi) is 14.3. The molecule has 0 spiro atoms. The van der Waals surface area contributed by atoms with E-state index in [2.05, 4.69) is 29.3 Å². The summed E-state index contributed by atoms with van der Waals surface area (Å²) in [5.41, 5.74) is -0.194. The summed E-state index contributed by atoms with van der Waals surface area (Å²) in [7, 11) is 3.39. The molecular weight excluding hydrogens is 542 g/mol. The molecule has 13 atom stereocenters. The monoisotopic (exact) mass is 599 g/mol. The maximum absolute atomic E-state index is 13.3. The first-order valence-electron chi connectivity index (χ1n) is 15.4. The number of rotatable bonds is 7. The molecule has 0 amide bonds. The summed E-state index contributed by atoms with van der Waals surface area (Å²) in [6.07, 6.45) is -1.46. The molecule has 2 aliphatic rings. The number of nitrogens with one attached hydrogen (secondary N) is 2. The summed E-state index contributed by atoms with van der Waals surface area (Å²) in [6.45, 7) is 19.6. The molecule has 0 aromatic carbocycles. The normalized spacial score (nSPS) is 44.1. The molecule has 11 heteroatoms. The van der Waals surface area contributed by atoms with Gasteiger partial charge in [-0.15, -0.1) is 0 Å². The van der Waals surface area contributed by atoms with Gasteiger partial charge in [-0.05, 0) is 54.0 Å². The van der Waals surface area contributed by atoms with Crippen molar-refractivity contribution >= 4 is 11.7 Å². The van der Waals surface area contributed by atoms with Crippen molar-refractivity contribution in [3.05, 3.63) is 12.8 Å². The number of hydrogen-bond donors (Lipinski definition) is 4. The molecule has 2 aliphatic heterocycles. The quantitative estimate of drug-likeness (QED) is 0.196. The van der Waals surface area contributed by atoms with Crippen LogP contribution in [-0.4, -0.2) is 97.1 Å². The second-order valence-corrected chi connectivity index (χ2v) is 12.5. The van der Waals surface area contributed by atoms with Gasteiger partial charge >= 0.3 is 5.97 Å². The van der Waals surface area contributed by atoms with Crippen LogP contribution in [0, 0.1) is 23.7 Å². The average Bonchev–Trinajstić information content (AvgIpc) is 2.96. The summed E-state index contributed by atoms with van der Waals surface area (Å²) in [5, 5.41) is 33.8. The summed E-state index contributed by atoms with van der Waals surface area (Å²) in [5.74, 6) is -2.11. The molecule has 11 nitrogen and oxygen atoms in total. The van der Waals surface area contributed by atoms with Gasteiger partial charge in [0.15, 0.2) is 6.29 Å². The van der Waals surface area contributed by atoms with Crippen LogP contribution in [-0.2, 0) is 28.6 Å². The third kappa shape index (κ3) is 8.97. The van der Waals surface area contributed by atoms with Crippen LogP contribution in [0.5, 0.6) is 0 Å². The number of methoxy groups -OCH3 is 1. The van der Waals surface area contributed by atoms with Crippen molar-refractivity contribution in [1.82, 2.24) is 10.6 Å². The zero-order chi connectivity index (χ0) is 31.8. The van der Waals surface area contributed by atoms with Crippen molar-refractivity contribution in [1.29, 1.82) is 0 Å². The van der Waals surface area contributed by atoms with E-state index in [4.69, 9.17) is 23.8 Å². The minimum Gasteiger partial charge on any atom is -0.460 e. The minimum atomic E-state index is -1.13. The number of aliphatic hydroxyl groups is 2. The highest BCUT2D eigenvalue weighted by atomic mass is 16.7. The molecule has 2 rings (SSSR count). The second-order valence-electron chi connectivity index (χ2n) is 12.5. The summed E-state index contributed by atoms with van der Waals surface area (Å²) in [6, 6.07) is -0.364. The van der Waals surface area contributed by atoms with Crippen molar-refractivity contribution in [3.8, 4) is 0 Å². The molecule has 0 radical (unpaired) electrons. The van der Waals surface area contributed by atoms with Gasteiger partial charge in [0.2, 0.25) is 0 Å². The lowest BCUT2D eigenvalue weighted by atomic mass is 9.76. The van der Waals surface area contributed by atoms with Gasteiger partial charge in [-0.2, -0.15) is 0 Å². The van der Waals surface area contributed by atoms with Crippen LogP contribution < -0.4 is 10.6 Å². The molecule has 2 heterocycles. The third-order valence-electron chi connectivity index (χ3n) is 9.19. The predicted molar refractivity (Wildman–Crippen MR) is 162 cm³/mol. The van der Waals surface area contributed by atoms with Crippen molar-refractivity contribution in [3.63, 3.8) is 0 Å². The van der Waals surface area contributed by atoms with E-state index in [-0.39, 0.29) is 36.1 Å². The number of carbonyl (C=O) groups is 1. The highest BCUT2D eigenvalue weighted by Gasteiger charge is 2.49. The van der Waals surface area contributed by atoms with E-state index >= 15 is 0 Å². The summed E-state index contributed by atoms with van der Waals surface area (Å²) >= 11 is 0. The smallest absolute Gasteiger partial charge is 0.311 e. The number of carbonyl (C=O) groups excluding carboxylic acids is 1. The zero-order valence-corrected chi connectivity index (χ0v) is 27.3. The van der Waals surface area contributed by atoms with E-state index in [9.17, 15) is 15.0 Å². The molecule has 4 unspecified atom stereocenters. The standard InChI is InChI=1S/C31H57N3O8/c1-12-24-22(8)33-16-18(4)25(34-39-13-2)17(3)15-31(9,38-11)28(20(6)26(35)21(7)29(37)41-24)42-30-27(36)23(32-10)14-19(5)40-30/h13,17-24,26-28,30,32-33,35-36H,2,12,14-16H2,1,3-11H3/b34-25+/t17-,18?,19-,20+,21-,22?,23+,24?,26?,27-,28-,30+,31+/m1/s1. The second kappa shape index (κ2) is 16.5. The highest BCUT2D eigenvalue weighted by molar-refractivity contribution is 5.88. The third-order valence-corrected chi connectivity index (χ3v) is 9.19. The first kappa shape index (κ1) is 36.6. The summed E-state index contributed by atoms with van der Waals surface area (Å²) < 4.78 is 24.8. The van der Waals surface area contributed by atoms with Gasteiger partial charge in [-0.1, -0.05) is 39.4 Å². The van der Waals surface area contributed by atoms with Crippen molar-refractivity contribution in [2.24, 2.45) is 28.8 Å². The largest absolute Gasteiger partial charge is 0.460 e. The van der Waals surface area contributed by atoms with Crippen molar-refractivity contribution < 1.29 is 38.8 Å². The Balaban J connectivity index is 2.61. The van der Waals surface area contributed by atoms with Crippen LogP contribution in [0.4, 0.5) is 0 Å². The van der Waals surface area contributed by atoms with Gasteiger partial charge in [0.1, 0.15) is 18.5 Å². The van der Waals surface area contributed by atoms with Gasteiger partial charge in [0.25, 0.3) is 0 Å². The number of ether oxygens (including phenoxy) is 4. The fourth-order valence-corrected chi connectivity index (χ4v) is 6.38. The molecule has 4 N–H and O–H groups in total. The van der Waals surface area contributed by atoms with Gasteiger partial charge in [0, 0.05) is 43.5 Å². The maximum Gasteiger partial charge on any atom is 0.311 e. The van der Waals surface area contributed by atoms with E-state index in [0.717, 1.165) is 5.71 Å². The molecule has 244 valence electrons. The lowest BCUT2D eigenvalue weighted by Crippen LogP contribution is -2.59. The van der Waals surface area contributed by atoms with Crippen molar-refractivity contribution in [2.75, 3.05) is 20.7 Å². The fraction of sp³-hybridized carbons (Fsp3) is 0.871. The van der Waals surface area contributed by atoms with Gasteiger partial charge < -0.3 is 44.6 Å². The molecule has 0 aromatic heterocycles. The molecule has 0 aliphatic carbocycles. The molecule has 0 aromatic rings. The van der Waals surface area contributed by atoms with E-state index in [0.29, 0.717) is 25.8 Å². The number of nitrogens with zero attached hydrogens (tertiary/aromatic N) is 1. The van der Waals surface area contributed by atoms with Crippen molar-refractivity contribution in [2.45, 2.75) is 129 Å². The lowest BCUT2D eigenvalue weighted by molar-refractivity contribution is -0.296. The Morgan fingerprint density at radius 1 is 1.17 bits per heavy atom. The van der Waals surface area contributed by atoms with Crippen LogP contribution in [0.15, 0.2) is 18.0 Å². The van der Waals surface area contributed by atoms with E-state index in [1.165, 1.54) is 6.26 Å². The van der Waals surface area contributed by atoms with Crippen LogP contribution in [0.3, 0.4) is 0 Å². The summed E-state index contributed by atoms with van der Waals surface area (Å²) in [4.78, 5) is 18.6. The van der Waals surface area contributed by atoms with Crippen LogP contribution >= 0.6 is 0 Å². The Hall–Kier alpha value is -1.60. The molecule has 2 fully saturated rings. The van der Waals surface area contributed by atoms with Crippen LogP contribution in [0.1, 0.15) is 74.7 Å². The topological polar surface area (TPSA) is 140 Å². The Bertz CT molecular complexity index is 890. The number of oxime groups is 1. The van der Waals surface area contributed by atoms with Gasteiger partial charge in [-0.25, -0.2) is 0 Å². The maximum atomic E-state index is 13.3. The molecule has 42 heavy (non-hydrogen) atoms. The van der Waals surface area contributed by atoms with Crippen LogP contribution in [0.2, 0.25) is 0 Å². The lowest BCUT2D eigenvalue weighted by Gasteiger charge is -2.47. The molecular formula is C31H57N3O8. The Labute approximate surface area is 252 Å². The minimum absolute atomic E-state index is 0.0381. The van der Waals surface area contributed by atoms with E-state index in [1.807, 2.05) is 41.5 Å². The predicted octanol–water partition coefficient (Wildman–Crippen LogP) is 2.99. The number of esters is 1. The highest BCUT2D eigenvalue weighted by Crippen LogP contribution is 2.37. The number of hydrogen-bond acceptors (Lipinski definition) is 11. The average molecular weight is 600 g/mol.